The third-order valence-corrected chi connectivity index (χ3v) is 6.14. The lowest BCUT2D eigenvalue weighted by Crippen LogP contribution is -2.47. The van der Waals surface area contributed by atoms with Crippen LogP contribution in [0.15, 0.2) is 18.2 Å². The SMILES string of the molecule is CCCCc1nc2c([nH]1)c(N)nc1cc(N3CCN(CCOCCC(C)=O)CC3)ccc12. The number of ketones is 1. The molecule has 3 aromatic rings. The summed E-state index contributed by atoms with van der Waals surface area (Å²) >= 11 is 0. The molecule has 0 amide bonds. The molecular formula is C24H34N6O2. The van der Waals surface area contributed by atoms with E-state index in [0.717, 1.165) is 79.7 Å². The minimum absolute atomic E-state index is 0.176. The summed E-state index contributed by atoms with van der Waals surface area (Å²) in [6.45, 7) is 9.77. The molecule has 8 nitrogen and oxygen atoms in total. The Balaban J connectivity index is 1.40. The van der Waals surface area contributed by atoms with Gasteiger partial charge >= 0.3 is 0 Å². The number of anilines is 2. The van der Waals surface area contributed by atoms with Gasteiger partial charge in [0.15, 0.2) is 0 Å². The molecule has 0 atom stereocenters. The summed E-state index contributed by atoms with van der Waals surface area (Å²) < 4.78 is 5.57. The van der Waals surface area contributed by atoms with Crippen LogP contribution < -0.4 is 10.6 Å². The highest BCUT2D eigenvalue weighted by molar-refractivity contribution is 6.06. The zero-order valence-electron chi connectivity index (χ0n) is 19.2. The number of carbonyl (C=O) groups is 1. The first-order valence-corrected chi connectivity index (χ1v) is 11.7. The van der Waals surface area contributed by atoms with E-state index in [9.17, 15) is 4.79 Å². The number of aryl methyl sites for hydroxylation is 1. The van der Waals surface area contributed by atoms with E-state index in [1.165, 1.54) is 5.69 Å². The third kappa shape index (κ3) is 5.19. The standard InChI is InChI=1S/C24H34N6O2/c1-3-4-5-21-27-22-19-7-6-18(16-20(19)26-24(25)23(22)28-21)30-11-9-29(10-12-30)13-15-32-14-8-17(2)31/h6-7,16H,3-5,8-15H2,1-2H3,(H2,25,26)(H,27,28). The molecule has 1 saturated heterocycles. The molecule has 3 heterocycles. The number of pyridine rings is 1. The zero-order valence-corrected chi connectivity index (χ0v) is 19.2. The van der Waals surface area contributed by atoms with Crippen LogP contribution in [0.4, 0.5) is 11.5 Å². The van der Waals surface area contributed by atoms with E-state index < -0.39 is 0 Å². The van der Waals surface area contributed by atoms with Crippen LogP contribution in [0.2, 0.25) is 0 Å². The van der Waals surface area contributed by atoms with Crippen LogP contribution in [0.1, 0.15) is 38.9 Å². The molecule has 0 bridgehead atoms. The number of aromatic nitrogens is 3. The molecule has 1 aliphatic rings. The summed E-state index contributed by atoms with van der Waals surface area (Å²) in [6, 6.07) is 6.42. The number of fused-ring (bicyclic) bond motifs is 3. The molecule has 1 aromatic carbocycles. The summed E-state index contributed by atoms with van der Waals surface area (Å²) in [5.41, 5.74) is 10.1. The molecule has 1 fully saturated rings. The molecule has 3 N–H and O–H groups in total. The van der Waals surface area contributed by atoms with Crippen molar-refractivity contribution in [2.45, 2.75) is 39.5 Å². The predicted molar refractivity (Wildman–Crippen MR) is 129 cm³/mol. The van der Waals surface area contributed by atoms with Crippen molar-refractivity contribution in [1.29, 1.82) is 0 Å². The number of unbranched alkanes of at least 4 members (excludes halogenated alkanes) is 1. The second-order valence-corrected chi connectivity index (χ2v) is 8.60. The summed E-state index contributed by atoms with van der Waals surface area (Å²) in [7, 11) is 0. The van der Waals surface area contributed by atoms with Gasteiger partial charge in [-0.2, -0.15) is 0 Å². The number of H-pyrrole nitrogens is 1. The van der Waals surface area contributed by atoms with Crippen LogP contribution in [0.25, 0.3) is 21.9 Å². The lowest BCUT2D eigenvalue weighted by molar-refractivity contribution is -0.118. The number of rotatable bonds is 10. The summed E-state index contributed by atoms with van der Waals surface area (Å²) in [6.07, 6.45) is 3.66. The maximum Gasteiger partial charge on any atom is 0.150 e. The van der Waals surface area contributed by atoms with Crippen LogP contribution in [0, 0.1) is 0 Å². The Morgan fingerprint density at radius 2 is 2.00 bits per heavy atom. The molecule has 0 radical (unpaired) electrons. The van der Waals surface area contributed by atoms with Crippen LogP contribution in [-0.4, -0.2) is 71.6 Å². The zero-order chi connectivity index (χ0) is 22.5. The summed E-state index contributed by atoms with van der Waals surface area (Å²) in [4.78, 5) is 28.6. The quantitative estimate of drug-likeness (QED) is 0.469. The van der Waals surface area contributed by atoms with E-state index in [4.69, 9.17) is 15.5 Å². The summed E-state index contributed by atoms with van der Waals surface area (Å²) in [5.74, 6) is 1.66. The Morgan fingerprint density at radius 3 is 2.75 bits per heavy atom. The molecule has 0 spiro atoms. The molecular weight excluding hydrogens is 404 g/mol. The van der Waals surface area contributed by atoms with Gasteiger partial charge in [0.25, 0.3) is 0 Å². The largest absolute Gasteiger partial charge is 0.382 e. The van der Waals surface area contributed by atoms with Gasteiger partial charge in [-0.05, 0) is 31.5 Å². The lowest BCUT2D eigenvalue weighted by Gasteiger charge is -2.36. The first-order valence-electron chi connectivity index (χ1n) is 11.7. The second kappa shape index (κ2) is 10.3. The van der Waals surface area contributed by atoms with E-state index in [1.54, 1.807) is 6.92 Å². The normalized spacial score (nSPS) is 15.1. The monoisotopic (exact) mass is 438 g/mol. The third-order valence-electron chi connectivity index (χ3n) is 6.14. The number of benzene rings is 1. The Labute approximate surface area is 189 Å². The van der Waals surface area contributed by atoms with E-state index in [0.29, 0.717) is 25.5 Å². The van der Waals surface area contributed by atoms with Gasteiger partial charge in [0, 0.05) is 56.6 Å². The summed E-state index contributed by atoms with van der Waals surface area (Å²) in [5, 5.41) is 1.04. The highest BCUT2D eigenvalue weighted by Crippen LogP contribution is 2.29. The number of carbonyl (C=O) groups excluding carboxylic acids is 1. The van der Waals surface area contributed by atoms with Crippen LogP contribution in [0.5, 0.6) is 0 Å². The first kappa shape index (κ1) is 22.5. The van der Waals surface area contributed by atoms with Gasteiger partial charge < -0.3 is 20.4 Å². The molecule has 4 rings (SSSR count). The van der Waals surface area contributed by atoms with Gasteiger partial charge in [0.2, 0.25) is 0 Å². The van der Waals surface area contributed by atoms with Crippen LogP contribution >= 0.6 is 0 Å². The van der Waals surface area contributed by atoms with E-state index >= 15 is 0 Å². The number of nitrogens with one attached hydrogen (secondary N) is 1. The van der Waals surface area contributed by atoms with Crippen molar-refractivity contribution in [3.63, 3.8) is 0 Å². The van der Waals surface area contributed by atoms with Gasteiger partial charge in [0.05, 0.1) is 18.7 Å². The Morgan fingerprint density at radius 1 is 1.19 bits per heavy atom. The highest BCUT2D eigenvalue weighted by Gasteiger charge is 2.18. The first-order chi connectivity index (χ1) is 15.5. The lowest BCUT2D eigenvalue weighted by atomic mass is 10.1. The van der Waals surface area contributed by atoms with Crippen molar-refractivity contribution in [1.82, 2.24) is 19.9 Å². The maximum absolute atomic E-state index is 11.0. The van der Waals surface area contributed by atoms with Gasteiger partial charge in [-0.25, -0.2) is 9.97 Å². The number of imidazole rings is 1. The molecule has 1 aliphatic heterocycles. The van der Waals surface area contributed by atoms with Crippen molar-refractivity contribution >= 4 is 39.2 Å². The van der Waals surface area contributed by atoms with Crippen LogP contribution in [0.3, 0.4) is 0 Å². The van der Waals surface area contributed by atoms with Crippen molar-refractivity contribution < 1.29 is 9.53 Å². The molecule has 2 aromatic heterocycles. The number of hydrogen-bond acceptors (Lipinski definition) is 7. The Kier molecular flexibility index (Phi) is 7.22. The maximum atomic E-state index is 11.0. The Hall–Kier alpha value is -2.71. The van der Waals surface area contributed by atoms with Gasteiger partial charge in [-0.1, -0.05) is 13.3 Å². The highest BCUT2D eigenvalue weighted by atomic mass is 16.5. The molecule has 0 saturated carbocycles. The topological polar surface area (TPSA) is 100 Å². The number of ether oxygens (including phenoxy) is 1. The fraction of sp³-hybridized carbons (Fsp3) is 0.542. The average molecular weight is 439 g/mol. The fourth-order valence-electron chi connectivity index (χ4n) is 4.20. The second-order valence-electron chi connectivity index (χ2n) is 8.60. The Bertz CT molecular complexity index is 1070. The van der Waals surface area contributed by atoms with Gasteiger partial charge in [-0.3, -0.25) is 9.69 Å². The van der Waals surface area contributed by atoms with Crippen molar-refractivity contribution in [2.75, 3.05) is 56.6 Å². The van der Waals surface area contributed by atoms with E-state index in [2.05, 4.69) is 44.9 Å². The number of nitrogens with two attached hydrogens (primary N) is 1. The number of Topliss-reactive ketones (excluding diaryl/α,β-unsaturated/α-hetero) is 1. The predicted octanol–water partition coefficient (Wildman–Crippen LogP) is 3.15. The smallest absolute Gasteiger partial charge is 0.150 e. The minimum atomic E-state index is 0.176. The minimum Gasteiger partial charge on any atom is -0.382 e. The van der Waals surface area contributed by atoms with E-state index in [1.807, 2.05) is 0 Å². The van der Waals surface area contributed by atoms with Gasteiger partial charge in [0.1, 0.15) is 28.5 Å². The number of nitrogen functional groups attached to an aromatic ring is 1. The van der Waals surface area contributed by atoms with Gasteiger partial charge in [-0.15, -0.1) is 0 Å². The molecule has 0 aliphatic carbocycles. The van der Waals surface area contributed by atoms with E-state index in [-0.39, 0.29) is 5.78 Å². The number of piperazine rings is 1. The number of nitrogens with zero attached hydrogens (tertiary/aromatic N) is 4. The fourth-order valence-corrected chi connectivity index (χ4v) is 4.20. The van der Waals surface area contributed by atoms with Crippen LogP contribution in [-0.2, 0) is 16.0 Å². The van der Waals surface area contributed by atoms with Crippen molar-refractivity contribution in [3.05, 3.63) is 24.0 Å². The number of hydrogen-bond donors (Lipinski definition) is 2. The van der Waals surface area contributed by atoms with Crippen molar-refractivity contribution in [2.24, 2.45) is 0 Å². The average Bonchev–Trinajstić information content (AvgIpc) is 3.22. The molecule has 32 heavy (non-hydrogen) atoms. The number of aromatic amines is 1. The molecule has 0 unspecified atom stereocenters. The molecule has 172 valence electrons. The van der Waals surface area contributed by atoms with Crippen molar-refractivity contribution in [3.8, 4) is 0 Å². The molecule has 8 heteroatoms.